The third-order valence-electron chi connectivity index (χ3n) is 2.74. The summed E-state index contributed by atoms with van der Waals surface area (Å²) in [6.07, 6.45) is 3.21. The SMILES string of the molecule is CC1(C(=O)Nc2ccc(N)nc2)CCCO1. The van der Waals surface area contributed by atoms with Crippen LogP contribution in [0.2, 0.25) is 0 Å². The van der Waals surface area contributed by atoms with Crippen LogP contribution in [0.1, 0.15) is 19.8 Å². The minimum atomic E-state index is -0.707. The number of anilines is 2. The monoisotopic (exact) mass is 221 g/mol. The molecule has 1 aromatic rings. The predicted molar refractivity (Wildman–Crippen MR) is 60.9 cm³/mol. The van der Waals surface area contributed by atoms with Crippen LogP contribution in [-0.2, 0) is 9.53 Å². The normalized spacial score (nSPS) is 24.3. The summed E-state index contributed by atoms with van der Waals surface area (Å²) >= 11 is 0. The van der Waals surface area contributed by atoms with Crippen molar-refractivity contribution in [2.45, 2.75) is 25.4 Å². The molecule has 1 unspecified atom stereocenters. The van der Waals surface area contributed by atoms with Gasteiger partial charge in [-0.2, -0.15) is 0 Å². The van der Waals surface area contributed by atoms with Gasteiger partial charge in [0.05, 0.1) is 11.9 Å². The average Bonchev–Trinajstić information content (AvgIpc) is 2.70. The van der Waals surface area contributed by atoms with Crippen LogP contribution >= 0.6 is 0 Å². The summed E-state index contributed by atoms with van der Waals surface area (Å²) in [6, 6.07) is 3.37. The Kier molecular flexibility index (Phi) is 2.78. The zero-order valence-electron chi connectivity index (χ0n) is 9.19. The first-order valence-electron chi connectivity index (χ1n) is 5.27. The van der Waals surface area contributed by atoms with E-state index >= 15 is 0 Å². The fourth-order valence-electron chi connectivity index (χ4n) is 1.70. The quantitative estimate of drug-likeness (QED) is 0.786. The van der Waals surface area contributed by atoms with E-state index in [0.717, 1.165) is 12.8 Å². The lowest BCUT2D eigenvalue weighted by molar-refractivity contribution is -0.133. The molecule has 0 saturated carbocycles. The van der Waals surface area contributed by atoms with E-state index in [1.54, 1.807) is 19.1 Å². The van der Waals surface area contributed by atoms with Gasteiger partial charge in [-0.3, -0.25) is 4.79 Å². The van der Waals surface area contributed by atoms with Crippen molar-refractivity contribution in [3.8, 4) is 0 Å². The average molecular weight is 221 g/mol. The second kappa shape index (κ2) is 4.09. The van der Waals surface area contributed by atoms with E-state index in [-0.39, 0.29) is 5.91 Å². The fraction of sp³-hybridized carbons (Fsp3) is 0.455. The predicted octanol–water partition coefficient (Wildman–Crippen LogP) is 1.17. The Hall–Kier alpha value is -1.62. The van der Waals surface area contributed by atoms with E-state index in [9.17, 15) is 4.79 Å². The molecule has 1 atom stereocenters. The molecule has 1 aliphatic heterocycles. The third-order valence-corrected chi connectivity index (χ3v) is 2.74. The molecular formula is C11H15N3O2. The van der Waals surface area contributed by atoms with Crippen LogP contribution in [0.4, 0.5) is 11.5 Å². The lowest BCUT2D eigenvalue weighted by Gasteiger charge is -2.21. The van der Waals surface area contributed by atoms with E-state index in [0.29, 0.717) is 18.1 Å². The van der Waals surface area contributed by atoms with Crippen molar-refractivity contribution in [3.05, 3.63) is 18.3 Å². The van der Waals surface area contributed by atoms with E-state index in [2.05, 4.69) is 10.3 Å². The third kappa shape index (κ3) is 2.14. The van der Waals surface area contributed by atoms with Crippen LogP contribution in [-0.4, -0.2) is 23.1 Å². The van der Waals surface area contributed by atoms with Gasteiger partial charge in [0, 0.05) is 6.61 Å². The summed E-state index contributed by atoms with van der Waals surface area (Å²) in [5.41, 5.74) is 5.39. The Bertz CT molecular complexity index is 383. The van der Waals surface area contributed by atoms with Crippen molar-refractivity contribution >= 4 is 17.4 Å². The minimum Gasteiger partial charge on any atom is -0.384 e. The van der Waals surface area contributed by atoms with Gasteiger partial charge in [0.1, 0.15) is 11.4 Å². The largest absolute Gasteiger partial charge is 0.384 e. The minimum absolute atomic E-state index is 0.128. The molecular weight excluding hydrogens is 206 g/mol. The number of pyridine rings is 1. The van der Waals surface area contributed by atoms with Gasteiger partial charge in [-0.1, -0.05) is 0 Å². The summed E-state index contributed by atoms with van der Waals surface area (Å²) in [5, 5.41) is 2.77. The summed E-state index contributed by atoms with van der Waals surface area (Å²) in [7, 11) is 0. The lowest BCUT2D eigenvalue weighted by atomic mass is 10.0. The number of hydrogen-bond donors (Lipinski definition) is 2. The summed E-state index contributed by atoms with van der Waals surface area (Å²) < 4.78 is 5.44. The molecule has 16 heavy (non-hydrogen) atoms. The topological polar surface area (TPSA) is 77.2 Å². The summed E-state index contributed by atoms with van der Waals surface area (Å²) in [6.45, 7) is 2.45. The zero-order valence-corrected chi connectivity index (χ0v) is 9.19. The molecule has 0 bridgehead atoms. The second-order valence-corrected chi connectivity index (χ2v) is 4.11. The summed E-state index contributed by atoms with van der Waals surface area (Å²) in [4.78, 5) is 15.8. The number of nitrogens with zero attached hydrogens (tertiary/aromatic N) is 1. The fourth-order valence-corrected chi connectivity index (χ4v) is 1.70. The van der Waals surface area contributed by atoms with Gasteiger partial charge in [0.15, 0.2) is 0 Å². The Morgan fingerprint density at radius 2 is 2.44 bits per heavy atom. The lowest BCUT2D eigenvalue weighted by Crippen LogP contribution is -2.39. The van der Waals surface area contributed by atoms with Crippen LogP contribution in [0.5, 0.6) is 0 Å². The van der Waals surface area contributed by atoms with Gasteiger partial charge in [-0.05, 0) is 31.9 Å². The van der Waals surface area contributed by atoms with E-state index in [1.807, 2.05) is 0 Å². The molecule has 1 aliphatic rings. The molecule has 1 fully saturated rings. The molecule has 86 valence electrons. The maximum absolute atomic E-state index is 11.9. The van der Waals surface area contributed by atoms with Crippen molar-refractivity contribution < 1.29 is 9.53 Å². The summed E-state index contributed by atoms with van der Waals surface area (Å²) in [5.74, 6) is 0.304. The number of rotatable bonds is 2. The Labute approximate surface area is 94.0 Å². The molecule has 2 rings (SSSR count). The molecule has 0 radical (unpaired) electrons. The maximum Gasteiger partial charge on any atom is 0.256 e. The van der Waals surface area contributed by atoms with Crippen molar-refractivity contribution in [2.24, 2.45) is 0 Å². The first kappa shape index (κ1) is 10.9. The molecule has 5 nitrogen and oxygen atoms in total. The van der Waals surface area contributed by atoms with Gasteiger partial charge in [0.2, 0.25) is 0 Å². The van der Waals surface area contributed by atoms with Crippen LogP contribution in [0.25, 0.3) is 0 Å². The number of nitrogen functional groups attached to an aromatic ring is 1. The maximum atomic E-state index is 11.9. The number of carbonyl (C=O) groups excluding carboxylic acids is 1. The Balaban J connectivity index is 2.04. The highest BCUT2D eigenvalue weighted by molar-refractivity contribution is 5.97. The molecule has 0 aromatic carbocycles. The highest BCUT2D eigenvalue weighted by Gasteiger charge is 2.37. The van der Waals surface area contributed by atoms with Crippen LogP contribution in [0.3, 0.4) is 0 Å². The molecule has 0 aliphatic carbocycles. The molecule has 1 saturated heterocycles. The molecule has 3 N–H and O–H groups in total. The molecule has 2 heterocycles. The van der Waals surface area contributed by atoms with E-state index in [1.165, 1.54) is 6.20 Å². The first-order chi connectivity index (χ1) is 7.60. The standard InChI is InChI=1S/C11H15N3O2/c1-11(5-2-6-16-11)10(15)14-8-3-4-9(12)13-7-8/h3-4,7H,2,5-6H2,1H3,(H2,12,13)(H,14,15). The van der Waals surface area contributed by atoms with Crippen LogP contribution in [0, 0.1) is 0 Å². The number of carbonyl (C=O) groups is 1. The first-order valence-corrected chi connectivity index (χ1v) is 5.27. The number of hydrogen-bond acceptors (Lipinski definition) is 4. The molecule has 5 heteroatoms. The number of nitrogens with one attached hydrogen (secondary N) is 1. The molecule has 1 aromatic heterocycles. The molecule has 0 spiro atoms. The van der Waals surface area contributed by atoms with E-state index in [4.69, 9.17) is 10.5 Å². The smallest absolute Gasteiger partial charge is 0.256 e. The number of nitrogens with two attached hydrogens (primary N) is 1. The second-order valence-electron chi connectivity index (χ2n) is 4.11. The van der Waals surface area contributed by atoms with Crippen LogP contribution in [0.15, 0.2) is 18.3 Å². The number of ether oxygens (including phenoxy) is 1. The van der Waals surface area contributed by atoms with E-state index < -0.39 is 5.60 Å². The Morgan fingerprint density at radius 1 is 1.62 bits per heavy atom. The van der Waals surface area contributed by atoms with Crippen molar-refractivity contribution in [2.75, 3.05) is 17.7 Å². The van der Waals surface area contributed by atoms with Gasteiger partial charge in [0.25, 0.3) is 5.91 Å². The van der Waals surface area contributed by atoms with Crippen molar-refractivity contribution in [3.63, 3.8) is 0 Å². The number of amides is 1. The van der Waals surface area contributed by atoms with Gasteiger partial charge in [-0.25, -0.2) is 4.98 Å². The van der Waals surface area contributed by atoms with Gasteiger partial charge >= 0.3 is 0 Å². The van der Waals surface area contributed by atoms with Gasteiger partial charge in [-0.15, -0.1) is 0 Å². The highest BCUT2D eigenvalue weighted by atomic mass is 16.5. The van der Waals surface area contributed by atoms with Crippen molar-refractivity contribution in [1.82, 2.24) is 4.98 Å². The molecule has 1 amide bonds. The van der Waals surface area contributed by atoms with Gasteiger partial charge < -0.3 is 15.8 Å². The number of aromatic nitrogens is 1. The Morgan fingerprint density at radius 3 is 3.00 bits per heavy atom. The van der Waals surface area contributed by atoms with Crippen molar-refractivity contribution in [1.29, 1.82) is 0 Å². The van der Waals surface area contributed by atoms with Crippen LogP contribution < -0.4 is 11.1 Å². The zero-order chi connectivity index (χ0) is 11.6. The highest BCUT2D eigenvalue weighted by Crippen LogP contribution is 2.26.